The topological polar surface area (TPSA) is 92.2 Å². The predicted octanol–water partition coefficient (Wildman–Crippen LogP) is 0.897. The second-order valence-corrected chi connectivity index (χ2v) is 3.67. The van der Waals surface area contributed by atoms with Crippen LogP contribution in [-0.2, 0) is 11.3 Å². The molecular weight excluding hydrogens is 246 g/mol. The van der Waals surface area contributed by atoms with Crippen molar-refractivity contribution >= 4 is 23.9 Å². The molecule has 0 saturated carbocycles. The quantitative estimate of drug-likeness (QED) is 0.428. The van der Waals surface area contributed by atoms with Crippen LogP contribution in [0.25, 0.3) is 0 Å². The van der Waals surface area contributed by atoms with Gasteiger partial charge in [-0.25, -0.2) is 9.97 Å². The Kier molecular flexibility index (Phi) is 5.51. The fourth-order valence-electron chi connectivity index (χ4n) is 1.24. The van der Waals surface area contributed by atoms with E-state index >= 15 is 0 Å². The normalized spacial score (nSPS) is 10.2. The lowest BCUT2D eigenvalue weighted by Crippen LogP contribution is -2.18. The molecule has 0 fully saturated rings. The number of halogens is 1. The Balaban J connectivity index is 2.44. The Morgan fingerprint density at radius 2 is 2.29 bits per heavy atom. The van der Waals surface area contributed by atoms with Crippen molar-refractivity contribution in [3.8, 4) is 0 Å². The Labute approximate surface area is 103 Å². The summed E-state index contributed by atoms with van der Waals surface area (Å²) in [6.07, 6.45) is 2.52. The van der Waals surface area contributed by atoms with Crippen molar-refractivity contribution in [2.75, 3.05) is 6.54 Å². The highest BCUT2D eigenvalue weighted by molar-refractivity contribution is 6.31. The van der Waals surface area contributed by atoms with Crippen LogP contribution in [-0.4, -0.2) is 33.9 Å². The number of carbonyl (C=O) groups is 2. The van der Waals surface area contributed by atoms with Crippen LogP contribution in [0.1, 0.15) is 28.9 Å². The summed E-state index contributed by atoms with van der Waals surface area (Å²) in [5.41, 5.74) is 0.773. The van der Waals surface area contributed by atoms with Crippen LogP contribution in [0.2, 0.25) is 5.15 Å². The van der Waals surface area contributed by atoms with Crippen molar-refractivity contribution in [1.29, 1.82) is 0 Å². The van der Waals surface area contributed by atoms with E-state index in [4.69, 9.17) is 16.7 Å². The summed E-state index contributed by atoms with van der Waals surface area (Å²) in [6.45, 7) is 0.891. The van der Waals surface area contributed by atoms with E-state index in [0.717, 1.165) is 0 Å². The molecule has 0 aliphatic heterocycles. The molecule has 0 bridgehead atoms. The maximum absolute atomic E-state index is 10.8. The zero-order chi connectivity index (χ0) is 12.7. The lowest BCUT2D eigenvalue weighted by molar-refractivity contribution is -0.137. The van der Waals surface area contributed by atoms with Crippen molar-refractivity contribution in [2.45, 2.75) is 19.4 Å². The molecule has 0 radical (unpaired) electrons. The number of carboxylic acids is 1. The van der Waals surface area contributed by atoms with E-state index in [0.29, 0.717) is 31.5 Å². The maximum atomic E-state index is 10.8. The first-order valence-electron chi connectivity index (χ1n) is 5.02. The van der Waals surface area contributed by atoms with Crippen LogP contribution in [0.3, 0.4) is 0 Å². The largest absolute Gasteiger partial charge is 0.481 e. The Morgan fingerprint density at radius 3 is 2.94 bits per heavy atom. The van der Waals surface area contributed by atoms with E-state index in [1.807, 2.05) is 0 Å². The Morgan fingerprint density at radius 1 is 1.53 bits per heavy atom. The van der Waals surface area contributed by atoms with Gasteiger partial charge < -0.3 is 10.4 Å². The van der Waals surface area contributed by atoms with Crippen LogP contribution in [0.15, 0.2) is 6.33 Å². The molecule has 6 nitrogen and oxygen atoms in total. The van der Waals surface area contributed by atoms with E-state index < -0.39 is 5.97 Å². The van der Waals surface area contributed by atoms with Crippen molar-refractivity contribution in [3.63, 3.8) is 0 Å². The molecule has 0 aliphatic carbocycles. The van der Waals surface area contributed by atoms with Crippen molar-refractivity contribution in [3.05, 3.63) is 22.7 Å². The average Bonchev–Trinajstić information content (AvgIpc) is 2.28. The van der Waals surface area contributed by atoms with E-state index in [1.54, 1.807) is 0 Å². The summed E-state index contributed by atoms with van der Waals surface area (Å²) >= 11 is 5.72. The van der Waals surface area contributed by atoms with E-state index in [9.17, 15) is 9.59 Å². The summed E-state index contributed by atoms with van der Waals surface area (Å²) in [7, 11) is 0. The van der Waals surface area contributed by atoms with Gasteiger partial charge in [0.25, 0.3) is 0 Å². The van der Waals surface area contributed by atoms with Crippen LogP contribution >= 0.6 is 11.6 Å². The first-order chi connectivity index (χ1) is 8.15. The number of aromatic nitrogens is 2. The minimum absolute atomic E-state index is 0.109. The molecule has 0 spiro atoms. The second-order valence-electron chi connectivity index (χ2n) is 3.32. The summed E-state index contributed by atoms with van der Waals surface area (Å²) in [5.74, 6) is -0.828. The molecule has 0 saturated heterocycles. The van der Waals surface area contributed by atoms with Crippen molar-refractivity contribution in [1.82, 2.24) is 15.3 Å². The minimum Gasteiger partial charge on any atom is -0.481 e. The van der Waals surface area contributed by atoms with E-state index in [-0.39, 0.29) is 17.1 Å². The minimum atomic E-state index is -0.828. The number of carboxylic acid groups (broad SMARTS) is 1. The highest BCUT2D eigenvalue weighted by atomic mass is 35.5. The maximum Gasteiger partial charge on any atom is 0.303 e. The number of aliphatic carboxylic acids is 1. The molecule has 0 atom stereocenters. The number of nitrogens with zero attached hydrogens (tertiary/aromatic N) is 2. The number of hydrogen-bond acceptors (Lipinski definition) is 5. The Bertz CT molecular complexity index is 412. The predicted molar refractivity (Wildman–Crippen MR) is 61.0 cm³/mol. The number of rotatable bonds is 7. The van der Waals surface area contributed by atoms with Gasteiger partial charge in [-0.05, 0) is 13.0 Å². The van der Waals surface area contributed by atoms with Crippen molar-refractivity contribution < 1.29 is 14.7 Å². The zero-order valence-electron chi connectivity index (χ0n) is 9.02. The molecule has 0 aromatic carbocycles. The van der Waals surface area contributed by atoms with Gasteiger partial charge in [0, 0.05) is 13.0 Å². The van der Waals surface area contributed by atoms with Crippen LogP contribution < -0.4 is 5.32 Å². The third-order valence-electron chi connectivity index (χ3n) is 2.07. The first kappa shape index (κ1) is 13.5. The number of aldehydes is 1. The molecule has 1 aromatic rings. The van der Waals surface area contributed by atoms with Gasteiger partial charge in [0.1, 0.15) is 11.5 Å². The van der Waals surface area contributed by atoms with Gasteiger partial charge in [0.15, 0.2) is 6.29 Å². The molecule has 2 N–H and O–H groups in total. The first-order valence-corrected chi connectivity index (χ1v) is 5.40. The van der Waals surface area contributed by atoms with Gasteiger partial charge in [-0.1, -0.05) is 11.6 Å². The van der Waals surface area contributed by atoms with Crippen LogP contribution in [0.5, 0.6) is 0 Å². The lowest BCUT2D eigenvalue weighted by Gasteiger charge is -2.05. The van der Waals surface area contributed by atoms with Gasteiger partial charge in [-0.2, -0.15) is 0 Å². The molecule has 0 amide bonds. The summed E-state index contributed by atoms with van der Waals surface area (Å²) in [5, 5.41) is 11.5. The van der Waals surface area contributed by atoms with Crippen LogP contribution in [0, 0.1) is 0 Å². The summed E-state index contributed by atoms with van der Waals surface area (Å²) in [6, 6.07) is 0. The van der Waals surface area contributed by atoms with Gasteiger partial charge >= 0.3 is 5.97 Å². The lowest BCUT2D eigenvalue weighted by atomic mass is 10.2. The molecule has 0 unspecified atom stereocenters. The SMILES string of the molecule is O=Cc1c(Cl)ncnc1CNCCCC(=O)O. The van der Waals surface area contributed by atoms with Gasteiger partial charge in [-0.15, -0.1) is 0 Å². The smallest absolute Gasteiger partial charge is 0.303 e. The third kappa shape index (κ3) is 4.46. The second kappa shape index (κ2) is 6.93. The van der Waals surface area contributed by atoms with E-state index in [2.05, 4.69) is 15.3 Å². The van der Waals surface area contributed by atoms with E-state index in [1.165, 1.54) is 6.33 Å². The van der Waals surface area contributed by atoms with Gasteiger partial charge in [0.2, 0.25) is 0 Å². The number of nitrogens with one attached hydrogen (secondary N) is 1. The highest BCUT2D eigenvalue weighted by Crippen LogP contribution is 2.12. The monoisotopic (exact) mass is 257 g/mol. The molecule has 92 valence electrons. The average molecular weight is 258 g/mol. The number of carbonyl (C=O) groups excluding carboxylic acids is 1. The molecular formula is C10H12ClN3O3. The molecule has 1 aromatic heterocycles. The molecule has 17 heavy (non-hydrogen) atoms. The zero-order valence-corrected chi connectivity index (χ0v) is 9.78. The summed E-state index contributed by atoms with van der Waals surface area (Å²) < 4.78 is 0. The number of hydrogen-bond donors (Lipinski definition) is 2. The highest BCUT2D eigenvalue weighted by Gasteiger charge is 2.08. The standard InChI is InChI=1S/C10H12ClN3O3/c11-10-7(5-15)8(13-6-14-10)4-12-3-1-2-9(16)17/h5-6,12H,1-4H2,(H,16,17). The van der Waals surface area contributed by atoms with Gasteiger partial charge in [0.05, 0.1) is 11.3 Å². The van der Waals surface area contributed by atoms with Gasteiger partial charge in [-0.3, -0.25) is 9.59 Å². The Hall–Kier alpha value is -1.53. The summed E-state index contributed by atoms with van der Waals surface area (Å²) in [4.78, 5) is 28.7. The fraction of sp³-hybridized carbons (Fsp3) is 0.400. The molecule has 1 rings (SSSR count). The molecule has 7 heteroatoms. The molecule has 0 aliphatic rings. The van der Waals surface area contributed by atoms with Crippen molar-refractivity contribution in [2.24, 2.45) is 0 Å². The fourth-order valence-corrected chi connectivity index (χ4v) is 1.43. The van der Waals surface area contributed by atoms with Crippen LogP contribution in [0.4, 0.5) is 0 Å². The third-order valence-corrected chi connectivity index (χ3v) is 2.37. The molecule has 1 heterocycles.